The van der Waals surface area contributed by atoms with Gasteiger partial charge in [0.1, 0.15) is 5.76 Å². The van der Waals surface area contributed by atoms with E-state index in [9.17, 15) is 4.79 Å². The average Bonchev–Trinajstić information content (AvgIpc) is 2.75. The van der Waals surface area contributed by atoms with Crippen LogP contribution in [0.15, 0.2) is 57.5 Å². The lowest BCUT2D eigenvalue weighted by Gasteiger charge is -2.32. The molecule has 0 unspecified atom stereocenters. The minimum Gasteiger partial charge on any atom is -0.497 e. The third-order valence-electron chi connectivity index (χ3n) is 5.08. The molecule has 2 rings (SSSR count). The molecule has 2 amide bonds. The van der Waals surface area contributed by atoms with Crippen LogP contribution in [-0.2, 0) is 4.74 Å². The van der Waals surface area contributed by atoms with E-state index in [1.165, 1.54) is 16.0 Å². The Kier molecular flexibility index (Phi) is 10.6. The van der Waals surface area contributed by atoms with Gasteiger partial charge < -0.3 is 15.0 Å². The van der Waals surface area contributed by atoms with Crippen LogP contribution in [-0.4, -0.2) is 37.2 Å². The molecule has 164 valence electrons. The van der Waals surface area contributed by atoms with Crippen LogP contribution in [0.1, 0.15) is 45.6 Å². The molecule has 0 bridgehead atoms. The van der Waals surface area contributed by atoms with Gasteiger partial charge in [-0.2, -0.15) is 0 Å². The molecule has 1 heterocycles. The van der Waals surface area contributed by atoms with Gasteiger partial charge in [0.2, 0.25) is 0 Å². The number of ether oxygens (including phenoxy) is 1. The molecule has 0 aromatic heterocycles. The number of hydrogen-bond acceptors (Lipinski definition) is 3. The first kappa shape index (κ1) is 24.6. The van der Waals surface area contributed by atoms with Crippen LogP contribution in [0.3, 0.4) is 0 Å². The minimum atomic E-state index is -0.0150. The molecule has 30 heavy (non-hydrogen) atoms. The number of thioether (sulfide) groups is 1. The van der Waals surface area contributed by atoms with Crippen molar-refractivity contribution in [3.8, 4) is 0 Å². The third-order valence-corrected chi connectivity index (χ3v) is 6.68. The van der Waals surface area contributed by atoms with Crippen LogP contribution in [0.2, 0.25) is 0 Å². The van der Waals surface area contributed by atoms with Crippen molar-refractivity contribution >= 4 is 39.3 Å². The third kappa shape index (κ3) is 7.88. The highest BCUT2D eigenvalue weighted by molar-refractivity contribution is 9.10. The molecule has 6 heteroatoms. The molecular weight excluding hydrogens is 460 g/mol. The zero-order valence-electron chi connectivity index (χ0n) is 18.2. The maximum Gasteiger partial charge on any atom is 0.317 e. The molecule has 1 aliphatic rings. The molecule has 0 saturated carbocycles. The van der Waals surface area contributed by atoms with E-state index in [-0.39, 0.29) is 6.03 Å². The number of hydrogen-bond donors (Lipinski definition) is 1. The highest BCUT2D eigenvalue weighted by Gasteiger charge is 2.24. The Labute approximate surface area is 194 Å². The summed E-state index contributed by atoms with van der Waals surface area (Å²) in [6.45, 7) is 13.0. The molecular formula is C24H33BrN2O2S. The number of carbonyl (C=O) groups excluding carboxylic acids is 1. The van der Waals surface area contributed by atoms with Crippen molar-refractivity contribution in [1.82, 2.24) is 10.2 Å². The van der Waals surface area contributed by atoms with E-state index in [0.717, 1.165) is 42.6 Å². The fourth-order valence-electron chi connectivity index (χ4n) is 3.34. The molecule has 1 fully saturated rings. The monoisotopic (exact) mass is 492 g/mol. The number of allylic oxidation sites excluding steroid dienone is 3. The van der Waals surface area contributed by atoms with Crippen LogP contribution in [0, 0.1) is 5.92 Å². The van der Waals surface area contributed by atoms with Gasteiger partial charge in [0.05, 0.1) is 13.2 Å². The summed E-state index contributed by atoms with van der Waals surface area (Å²) in [5.41, 5.74) is 2.43. The van der Waals surface area contributed by atoms with Crippen molar-refractivity contribution in [2.75, 3.05) is 26.2 Å². The number of carbonyl (C=O) groups is 1. The summed E-state index contributed by atoms with van der Waals surface area (Å²) in [6, 6.07) is 8.30. The Morgan fingerprint density at radius 3 is 2.73 bits per heavy atom. The number of halogens is 1. The maximum atomic E-state index is 12.5. The summed E-state index contributed by atoms with van der Waals surface area (Å²) in [4.78, 5) is 15.5. The molecule has 1 aromatic carbocycles. The van der Waals surface area contributed by atoms with Gasteiger partial charge in [0.25, 0.3) is 0 Å². The number of amides is 2. The van der Waals surface area contributed by atoms with E-state index in [1.807, 2.05) is 30.0 Å². The summed E-state index contributed by atoms with van der Waals surface area (Å²) in [5, 5.41) is 5.16. The summed E-state index contributed by atoms with van der Waals surface area (Å²) >= 11 is 5.24. The van der Waals surface area contributed by atoms with E-state index in [0.29, 0.717) is 19.1 Å². The van der Waals surface area contributed by atoms with Gasteiger partial charge in [-0.15, -0.1) is 11.8 Å². The molecule has 0 radical (unpaired) electrons. The Balaban J connectivity index is 1.79. The Morgan fingerprint density at radius 1 is 1.37 bits per heavy atom. The maximum absolute atomic E-state index is 12.5. The molecule has 1 N–H and O–H groups in total. The van der Waals surface area contributed by atoms with Crippen molar-refractivity contribution in [2.45, 2.75) is 40.0 Å². The number of urea groups is 1. The largest absolute Gasteiger partial charge is 0.497 e. The van der Waals surface area contributed by atoms with Crippen LogP contribution in [0.5, 0.6) is 0 Å². The predicted molar refractivity (Wildman–Crippen MR) is 132 cm³/mol. The lowest BCUT2D eigenvalue weighted by Crippen LogP contribution is -2.45. The smallest absolute Gasteiger partial charge is 0.317 e. The highest BCUT2D eigenvalue weighted by atomic mass is 79.9. The van der Waals surface area contributed by atoms with E-state index in [2.05, 4.69) is 59.2 Å². The first-order valence-corrected chi connectivity index (χ1v) is 12.2. The lowest BCUT2D eigenvalue weighted by atomic mass is 9.97. The molecule has 0 atom stereocenters. The Hall–Kier alpha value is -1.66. The van der Waals surface area contributed by atoms with Gasteiger partial charge in [-0.25, -0.2) is 4.79 Å². The molecule has 1 saturated heterocycles. The fraction of sp³-hybridized carbons (Fsp3) is 0.458. The molecule has 1 aromatic rings. The quantitative estimate of drug-likeness (QED) is 0.385. The standard InChI is InChI=1S/C24H33BrN2O2S/c1-5-8-23(29-6-2)16-26-24(28)27-13-11-20(12-14-27)19(4)30-17-18(3)21-9-7-10-22(25)15-21/h7-10,15,17,20H,4-6,11-14,16H2,1-3H3,(H,26,28)/b18-17+,23-8?. The van der Waals surface area contributed by atoms with Crippen molar-refractivity contribution in [1.29, 1.82) is 0 Å². The fourth-order valence-corrected chi connectivity index (χ4v) is 4.63. The van der Waals surface area contributed by atoms with E-state index in [1.54, 1.807) is 11.8 Å². The summed E-state index contributed by atoms with van der Waals surface area (Å²) in [6.07, 6.45) is 4.81. The normalized spacial score (nSPS) is 15.8. The number of rotatable bonds is 9. The highest BCUT2D eigenvalue weighted by Crippen LogP contribution is 2.33. The second-order valence-corrected chi connectivity index (χ2v) is 9.24. The molecule has 4 nitrogen and oxygen atoms in total. The average molecular weight is 494 g/mol. The van der Waals surface area contributed by atoms with Gasteiger partial charge in [0.15, 0.2) is 0 Å². The Bertz CT molecular complexity index is 783. The number of likely N-dealkylation sites (tertiary alicyclic amines) is 1. The first-order chi connectivity index (χ1) is 14.4. The van der Waals surface area contributed by atoms with Crippen LogP contribution >= 0.6 is 27.7 Å². The summed E-state index contributed by atoms with van der Waals surface area (Å²) in [5.74, 6) is 1.27. The van der Waals surface area contributed by atoms with Gasteiger partial charge in [0, 0.05) is 17.6 Å². The van der Waals surface area contributed by atoms with Crippen molar-refractivity contribution < 1.29 is 9.53 Å². The predicted octanol–water partition coefficient (Wildman–Crippen LogP) is 6.81. The van der Waals surface area contributed by atoms with Gasteiger partial charge in [-0.3, -0.25) is 0 Å². The lowest BCUT2D eigenvalue weighted by molar-refractivity contribution is 0.173. The SMILES string of the molecule is C=C(S/C=C(\C)c1cccc(Br)c1)C1CCN(C(=O)NCC(=CCC)OCC)CC1. The minimum absolute atomic E-state index is 0.0150. The molecule has 0 aliphatic carbocycles. The second-order valence-electron chi connectivity index (χ2n) is 7.33. The topological polar surface area (TPSA) is 41.6 Å². The molecule has 0 spiro atoms. The van der Waals surface area contributed by atoms with Crippen LogP contribution < -0.4 is 5.32 Å². The summed E-state index contributed by atoms with van der Waals surface area (Å²) in [7, 11) is 0. The zero-order chi connectivity index (χ0) is 21.9. The number of nitrogens with zero attached hydrogens (tertiary/aromatic N) is 1. The van der Waals surface area contributed by atoms with Crippen LogP contribution in [0.4, 0.5) is 4.79 Å². The van der Waals surface area contributed by atoms with Crippen molar-refractivity contribution in [2.24, 2.45) is 5.92 Å². The van der Waals surface area contributed by atoms with E-state index < -0.39 is 0 Å². The van der Waals surface area contributed by atoms with Gasteiger partial charge >= 0.3 is 6.03 Å². The summed E-state index contributed by atoms with van der Waals surface area (Å²) < 4.78 is 6.64. The number of nitrogens with one attached hydrogen (secondary N) is 1. The van der Waals surface area contributed by atoms with Crippen LogP contribution in [0.25, 0.3) is 5.57 Å². The van der Waals surface area contributed by atoms with E-state index in [4.69, 9.17) is 4.74 Å². The van der Waals surface area contributed by atoms with Gasteiger partial charge in [-0.1, -0.05) is 41.6 Å². The Morgan fingerprint density at radius 2 is 2.10 bits per heavy atom. The van der Waals surface area contributed by atoms with Gasteiger partial charge in [-0.05, 0) is 78.7 Å². The number of benzene rings is 1. The second kappa shape index (κ2) is 12.9. The molecule has 1 aliphatic heterocycles. The first-order valence-electron chi connectivity index (χ1n) is 10.6. The van der Waals surface area contributed by atoms with Crippen molar-refractivity contribution in [3.63, 3.8) is 0 Å². The van der Waals surface area contributed by atoms with E-state index >= 15 is 0 Å². The van der Waals surface area contributed by atoms with Crippen molar-refractivity contribution in [3.05, 3.63) is 63.0 Å². The number of piperidine rings is 1. The zero-order valence-corrected chi connectivity index (χ0v) is 20.7.